The molecule has 2 atom stereocenters. The fraction of sp³-hybridized carbons (Fsp3) is 0.585. The van der Waals surface area contributed by atoms with Gasteiger partial charge in [0.2, 0.25) is 12.5 Å². The first-order chi connectivity index (χ1) is 36.6. The second-order valence-corrected chi connectivity index (χ2v) is 20.5. The molecule has 3 saturated heterocycles. The summed E-state index contributed by atoms with van der Waals surface area (Å²) < 4.78 is 20.6. The van der Waals surface area contributed by atoms with Gasteiger partial charge in [0.05, 0.1) is 43.4 Å². The van der Waals surface area contributed by atoms with Crippen LogP contribution in [0.2, 0.25) is 5.02 Å². The van der Waals surface area contributed by atoms with Crippen LogP contribution in [0.3, 0.4) is 0 Å². The highest BCUT2D eigenvalue weighted by Crippen LogP contribution is 2.37. The summed E-state index contributed by atoms with van der Waals surface area (Å²) in [6, 6.07) is 11.9. The van der Waals surface area contributed by atoms with E-state index >= 15 is 0 Å². The van der Waals surface area contributed by atoms with Crippen LogP contribution in [0, 0.1) is 6.57 Å². The van der Waals surface area contributed by atoms with Crippen molar-refractivity contribution in [1.29, 1.82) is 0 Å². The van der Waals surface area contributed by atoms with E-state index in [1.165, 1.54) is 4.90 Å². The van der Waals surface area contributed by atoms with Gasteiger partial charge in [-0.1, -0.05) is 55.3 Å². The molecule has 0 aliphatic carbocycles. The lowest BCUT2D eigenvalue weighted by atomic mass is 10.0. The smallest absolute Gasteiger partial charge is 0.318 e. The molecule has 0 saturated carbocycles. The summed E-state index contributed by atoms with van der Waals surface area (Å²) in [5, 5.41) is 34.2. The minimum Gasteiger partial charge on any atom is -0.480 e. The van der Waals surface area contributed by atoms with Gasteiger partial charge in [-0.25, -0.2) is 11.0 Å². The first-order valence-corrected chi connectivity index (χ1v) is 26.8. The predicted octanol–water partition coefficient (Wildman–Crippen LogP) is 3.26. The Morgan fingerprint density at radius 3 is 2.00 bits per heavy atom. The number of carbonyl (C=O) groups excluding carboxylic acids is 2. The van der Waals surface area contributed by atoms with Gasteiger partial charge in [0.25, 0.3) is 5.91 Å². The second kappa shape index (κ2) is 28.2. The number of carbonyl (C=O) groups is 5. The van der Waals surface area contributed by atoms with Crippen molar-refractivity contribution in [2.24, 2.45) is 0 Å². The van der Waals surface area contributed by atoms with Crippen molar-refractivity contribution in [2.45, 2.75) is 63.6 Å². The van der Waals surface area contributed by atoms with E-state index in [1.54, 1.807) is 14.7 Å². The topological polar surface area (TPSA) is 223 Å². The average Bonchev–Trinajstić information content (AvgIpc) is 3.86. The summed E-state index contributed by atoms with van der Waals surface area (Å²) in [6.07, 6.45) is 6.28. The van der Waals surface area contributed by atoms with Gasteiger partial charge in [0.1, 0.15) is 18.5 Å². The number of aliphatic carboxylic acids is 3. The van der Waals surface area contributed by atoms with Crippen LogP contribution >= 0.6 is 11.6 Å². The number of likely N-dealkylation sites (tertiary alicyclic amines) is 1. The van der Waals surface area contributed by atoms with Crippen LogP contribution in [0.15, 0.2) is 48.8 Å². The Morgan fingerprint density at radius 1 is 0.763 bits per heavy atom. The molecule has 3 fully saturated rings. The third kappa shape index (κ3) is 16.4. The van der Waals surface area contributed by atoms with Gasteiger partial charge in [-0.05, 0) is 62.7 Å². The molecule has 21 nitrogen and oxygen atoms in total. The molecule has 4 aliphatic heterocycles. The van der Waals surface area contributed by atoms with Crippen molar-refractivity contribution in [3.8, 4) is 6.01 Å². The molecular formula is C53H72ClFN12O9. The fourth-order valence-electron chi connectivity index (χ4n) is 10.8. The molecule has 2 aromatic carbocycles. The molecule has 0 radical (unpaired) electrons. The zero-order chi connectivity index (χ0) is 54.1. The van der Waals surface area contributed by atoms with E-state index < -0.39 is 35.7 Å². The molecule has 2 amide bonds. The summed E-state index contributed by atoms with van der Waals surface area (Å²) in [4.78, 5) is 89.7. The normalized spacial score (nSPS) is 19.8. The van der Waals surface area contributed by atoms with Crippen molar-refractivity contribution < 1.29 is 48.4 Å². The number of nitrogens with one attached hydrogen (secondary N) is 1. The molecule has 3 aromatic rings. The fourth-order valence-corrected chi connectivity index (χ4v) is 11.1. The number of anilines is 2. The third-order valence-electron chi connectivity index (χ3n) is 14.7. The summed E-state index contributed by atoms with van der Waals surface area (Å²) >= 11 is 6.79. The molecule has 4 aliphatic rings. The molecule has 0 unspecified atom stereocenters. The molecule has 5 heterocycles. The summed E-state index contributed by atoms with van der Waals surface area (Å²) in [5.74, 6) is -4.34. The number of rotatable bonds is 22. The zero-order valence-corrected chi connectivity index (χ0v) is 44.1. The van der Waals surface area contributed by atoms with Crippen LogP contribution in [0.4, 0.5) is 15.9 Å². The van der Waals surface area contributed by atoms with Crippen molar-refractivity contribution in [2.75, 3.05) is 147 Å². The minimum absolute atomic E-state index is 0.00864. The van der Waals surface area contributed by atoms with E-state index in [4.69, 9.17) is 32.9 Å². The molecule has 0 spiro atoms. The number of amides is 2. The number of unbranched alkanes of at least 4 members (excludes halogenated alkanes) is 3. The monoisotopic (exact) mass is 1070 g/mol. The number of ether oxygens (including phenoxy) is 1. The third-order valence-corrected chi connectivity index (χ3v) is 15.1. The Morgan fingerprint density at radius 2 is 1.38 bits per heavy atom. The van der Waals surface area contributed by atoms with Crippen LogP contribution in [-0.2, 0) is 36.9 Å². The highest BCUT2D eigenvalue weighted by Gasteiger charge is 2.37. The molecule has 4 N–H and O–H groups in total. The SMILES string of the molecule is [C-]#[N+]C[C@H]1CN(c2nc(OC[C@@H]3CCCN3CCCCCCNC(=O)CN3CCN(CC(=O)O)CCN(CC(=O)O)CCN(CC(=O)O)CC3)nc3c2CCN(c2cccc4cccc(Cl)c24)C3)CCN1C(=O)C(=C)F. The van der Waals surface area contributed by atoms with E-state index in [-0.39, 0.29) is 57.2 Å². The molecule has 0 bridgehead atoms. The number of carboxylic acids is 3. The van der Waals surface area contributed by atoms with Gasteiger partial charge >= 0.3 is 23.9 Å². The summed E-state index contributed by atoms with van der Waals surface area (Å²) in [7, 11) is 0. The van der Waals surface area contributed by atoms with Crippen LogP contribution in [0.1, 0.15) is 49.8 Å². The molecule has 23 heteroatoms. The lowest BCUT2D eigenvalue weighted by molar-refractivity contribution is -0.140. The second-order valence-electron chi connectivity index (χ2n) is 20.1. The maximum atomic E-state index is 14.1. The number of carboxylic acid groups (broad SMARTS) is 3. The summed E-state index contributed by atoms with van der Waals surface area (Å²) in [5.41, 5.74) is 2.81. The lowest BCUT2D eigenvalue weighted by Crippen LogP contribution is -2.57. The Labute approximate surface area is 448 Å². The largest absolute Gasteiger partial charge is 0.480 e. The van der Waals surface area contributed by atoms with Crippen LogP contribution in [-0.4, -0.2) is 234 Å². The van der Waals surface area contributed by atoms with E-state index in [0.29, 0.717) is 109 Å². The Hall–Kier alpha value is -6.22. The van der Waals surface area contributed by atoms with E-state index in [0.717, 1.165) is 79.3 Å². The number of halogens is 2. The van der Waals surface area contributed by atoms with Gasteiger partial charge in [0.15, 0.2) is 5.83 Å². The van der Waals surface area contributed by atoms with Gasteiger partial charge in [-0.3, -0.25) is 48.5 Å². The number of hydrogen-bond acceptors (Lipinski definition) is 15. The average molecular weight is 1080 g/mol. The van der Waals surface area contributed by atoms with E-state index in [9.17, 15) is 43.7 Å². The highest BCUT2D eigenvalue weighted by atomic mass is 35.5. The van der Waals surface area contributed by atoms with Crippen molar-refractivity contribution in [3.05, 3.63) is 76.5 Å². The first-order valence-electron chi connectivity index (χ1n) is 26.4. The van der Waals surface area contributed by atoms with Crippen molar-refractivity contribution in [3.63, 3.8) is 0 Å². The van der Waals surface area contributed by atoms with Gasteiger partial charge in [-0.2, -0.15) is 9.97 Å². The predicted molar refractivity (Wildman–Crippen MR) is 285 cm³/mol. The number of aromatic nitrogens is 2. The van der Waals surface area contributed by atoms with Crippen LogP contribution in [0.5, 0.6) is 6.01 Å². The first kappa shape index (κ1) is 57.5. The zero-order valence-electron chi connectivity index (χ0n) is 43.3. The summed E-state index contributed by atoms with van der Waals surface area (Å²) in [6.45, 7) is 17.6. The maximum absolute atomic E-state index is 14.1. The van der Waals surface area contributed by atoms with Crippen LogP contribution < -0.4 is 19.9 Å². The number of piperazine rings is 1. The Balaban J connectivity index is 0.916. The van der Waals surface area contributed by atoms with Gasteiger partial charge < -0.3 is 44.9 Å². The lowest BCUT2D eigenvalue weighted by Gasteiger charge is -2.41. The molecule has 76 heavy (non-hydrogen) atoms. The quantitative estimate of drug-likeness (QED) is 0.0644. The molecular weight excluding hydrogens is 1000 g/mol. The number of benzene rings is 2. The Kier molecular flexibility index (Phi) is 21.4. The van der Waals surface area contributed by atoms with Gasteiger partial charge in [-0.15, -0.1) is 0 Å². The van der Waals surface area contributed by atoms with E-state index in [2.05, 4.69) is 37.5 Å². The number of hydrogen-bond donors (Lipinski definition) is 4. The number of fused-ring (bicyclic) bond motifs is 2. The minimum atomic E-state index is -1.05. The van der Waals surface area contributed by atoms with Crippen molar-refractivity contribution >= 4 is 63.6 Å². The molecule has 412 valence electrons. The van der Waals surface area contributed by atoms with Crippen molar-refractivity contribution in [1.82, 2.24) is 44.7 Å². The standard InChI is InChI=1S/C53H72ClFN12O9/c1-38(55)52(75)67-29-28-66(31-41(67)30-56-2)51-42-15-19-65(45-14-8-11-39-10-7-13-43(54)50(39)45)32-44(42)58-53(59-51)76-37-40-12-9-18-64(40)17-6-4-3-5-16-57-46(68)33-60-20-22-61(34-47(69)70)24-26-63(36-49(73)74)27-25-62(23-21-60)35-48(71)72/h7-8,10-11,13-14,40-41H,1,3-6,9,12,15-37H2,(H,57,68)(H,69,70)(H,71,72)(H,73,74)/t40-,41-/m0/s1. The number of nitrogens with zero attached hydrogens (tertiary/aromatic N) is 11. The maximum Gasteiger partial charge on any atom is 0.318 e. The van der Waals surface area contributed by atoms with E-state index in [1.807, 2.05) is 35.2 Å². The molecule has 7 rings (SSSR count). The molecule has 1 aromatic heterocycles. The van der Waals surface area contributed by atoms with Gasteiger partial charge in [0, 0.05) is 108 Å². The highest BCUT2D eigenvalue weighted by molar-refractivity contribution is 6.36. The Bertz CT molecular complexity index is 2540. The van der Waals surface area contributed by atoms with Crippen LogP contribution in [0.25, 0.3) is 15.6 Å².